The van der Waals surface area contributed by atoms with Crippen LogP contribution in [0.25, 0.3) is 0 Å². The van der Waals surface area contributed by atoms with Crippen molar-refractivity contribution < 1.29 is 4.79 Å². The number of anilines is 1. The maximum atomic E-state index is 12.1. The molecule has 0 aliphatic heterocycles. The molecule has 0 heterocycles. The molecule has 0 bridgehead atoms. The minimum atomic E-state index is 0.0116. The Bertz CT molecular complexity index is 590. The number of hydrogen-bond acceptors (Lipinski definition) is 2. The van der Waals surface area contributed by atoms with E-state index in [9.17, 15) is 4.79 Å². The highest BCUT2D eigenvalue weighted by Crippen LogP contribution is 2.16. The molecule has 0 spiro atoms. The average Bonchev–Trinajstić information content (AvgIpc) is 2.41. The van der Waals surface area contributed by atoms with Gasteiger partial charge in [-0.15, -0.1) is 0 Å². The number of aryl methyl sites for hydroxylation is 1. The molecule has 0 saturated heterocycles. The Morgan fingerprint density at radius 1 is 1.15 bits per heavy atom. The molecule has 2 rings (SSSR count). The van der Waals surface area contributed by atoms with Crippen LogP contribution in [-0.2, 0) is 11.2 Å². The fraction of sp³-hybridized carbons (Fsp3) is 0.235. The van der Waals surface area contributed by atoms with Crippen molar-refractivity contribution >= 4 is 11.6 Å². The highest BCUT2D eigenvalue weighted by Gasteiger charge is 2.11. The lowest BCUT2D eigenvalue weighted by atomic mass is 10.0. The van der Waals surface area contributed by atoms with E-state index >= 15 is 0 Å². The van der Waals surface area contributed by atoms with Crippen LogP contribution in [0, 0.1) is 6.92 Å². The Kier molecular flexibility index (Phi) is 4.41. The van der Waals surface area contributed by atoms with E-state index in [1.54, 1.807) is 0 Å². The van der Waals surface area contributed by atoms with Crippen molar-refractivity contribution in [2.75, 3.05) is 5.73 Å². The van der Waals surface area contributed by atoms with E-state index in [1.807, 2.05) is 49.4 Å². The summed E-state index contributed by atoms with van der Waals surface area (Å²) in [7, 11) is 0. The van der Waals surface area contributed by atoms with Crippen molar-refractivity contribution in [2.45, 2.75) is 26.3 Å². The van der Waals surface area contributed by atoms with Crippen LogP contribution in [0.2, 0.25) is 0 Å². The van der Waals surface area contributed by atoms with Crippen molar-refractivity contribution in [3.63, 3.8) is 0 Å². The van der Waals surface area contributed by atoms with Gasteiger partial charge >= 0.3 is 0 Å². The lowest BCUT2D eigenvalue weighted by Crippen LogP contribution is -2.28. The molecule has 0 radical (unpaired) electrons. The van der Waals surface area contributed by atoms with E-state index < -0.39 is 0 Å². The Morgan fingerprint density at radius 2 is 1.80 bits per heavy atom. The van der Waals surface area contributed by atoms with Crippen LogP contribution in [0.4, 0.5) is 5.69 Å². The van der Waals surface area contributed by atoms with Gasteiger partial charge in [0.2, 0.25) is 5.91 Å². The second-order valence-electron chi connectivity index (χ2n) is 5.06. The predicted octanol–water partition coefficient (Wildman–Crippen LogP) is 3.00. The third-order valence-electron chi connectivity index (χ3n) is 3.38. The summed E-state index contributed by atoms with van der Waals surface area (Å²) in [5.74, 6) is 0.0190. The molecule has 1 amide bonds. The number of nitrogens with two attached hydrogens (primary N) is 1. The topological polar surface area (TPSA) is 55.1 Å². The molecule has 3 nitrogen and oxygen atoms in total. The van der Waals surface area contributed by atoms with Crippen molar-refractivity contribution in [1.29, 1.82) is 0 Å². The highest BCUT2D eigenvalue weighted by molar-refractivity contribution is 5.79. The van der Waals surface area contributed by atoms with E-state index in [0.717, 1.165) is 11.1 Å². The first kappa shape index (κ1) is 14.1. The smallest absolute Gasteiger partial charge is 0.224 e. The van der Waals surface area contributed by atoms with Crippen LogP contribution in [0.15, 0.2) is 48.5 Å². The molecule has 1 atom stereocenters. The molecule has 0 aliphatic carbocycles. The average molecular weight is 268 g/mol. The first-order valence-electron chi connectivity index (χ1n) is 6.75. The Morgan fingerprint density at radius 3 is 2.45 bits per heavy atom. The third-order valence-corrected chi connectivity index (χ3v) is 3.38. The second kappa shape index (κ2) is 6.24. The minimum absolute atomic E-state index is 0.0116. The molecule has 3 heteroatoms. The standard InChI is InChI=1S/C17H20N2O/c1-12-5-3-4-6-16(12)13(2)19-17(20)11-14-7-9-15(18)10-8-14/h3-10,13H,11,18H2,1-2H3,(H,19,20)/t13-/m1/s1. The zero-order chi connectivity index (χ0) is 14.5. The molecule has 0 aromatic heterocycles. The van der Waals surface area contributed by atoms with Crippen molar-refractivity contribution in [3.8, 4) is 0 Å². The van der Waals surface area contributed by atoms with Gasteiger partial charge in [-0.25, -0.2) is 0 Å². The molecule has 0 saturated carbocycles. The summed E-state index contributed by atoms with van der Waals surface area (Å²) >= 11 is 0. The quantitative estimate of drug-likeness (QED) is 0.837. The van der Waals surface area contributed by atoms with Gasteiger partial charge in [0.05, 0.1) is 12.5 Å². The molecule has 0 unspecified atom stereocenters. The summed E-state index contributed by atoms with van der Waals surface area (Å²) in [5, 5.41) is 3.03. The number of nitrogen functional groups attached to an aromatic ring is 1. The van der Waals surface area contributed by atoms with Crippen molar-refractivity contribution in [2.24, 2.45) is 0 Å². The van der Waals surface area contributed by atoms with E-state index in [1.165, 1.54) is 5.56 Å². The van der Waals surface area contributed by atoms with Crippen LogP contribution < -0.4 is 11.1 Å². The molecule has 2 aromatic carbocycles. The largest absolute Gasteiger partial charge is 0.399 e. The number of carbonyl (C=O) groups is 1. The minimum Gasteiger partial charge on any atom is -0.399 e. The van der Waals surface area contributed by atoms with Crippen molar-refractivity contribution in [1.82, 2.24) is 5.32 Å². The number of hydrogen-bond donors (Lipinski definition) is 2. The molecular weight excluding hydrogens is 248 g/mol. The van der Waals surface area contributed by atoms with E-state index in [4.69, 9.17) is 5.73 Å². The summed E-state index contributed by atoms with van der Waals surface area (Å²) in [6.07, 6.45) is 0.372. The van der Waals surface area contributed by atoms with Crippen LogP contribution in [0.5, 0.6) is 0 Å². The van der Waals surface area contributed by atoms with E-state index in [-0.39, 0.29) is 11.9 Å². The lowest BCUT2D eigenvalue weighted by Gasteiger charge is -2.16. The van der Waals surface area contributed by atoms with Gasteiger partial charge in [0.25, 0.3) is 0 Å². The Balaban J connectivity index is 1.98. The van der Waals surface area contributed by atoms with Crippen LogP contribution >= 0.6 is 0 Å². The SMILES string of the molecule is Cc1ccccc1[C@@H](C)NC(=O)Cc1ccc(N)cc1. The van der Waals surface area contributed by atoms with E-state index in [0.29, 0.717) is 12.1 Å². The molecule has 3 N–H and O–H groups in total. The number of rotatable bonds is 4. The summed E-state index contributed by atoms with van der Waals surface area (Å²) in [6, 6.07) is 15.5. The first-order chi connectivity index (χ1) is 9.56. The fourth-order valence-corrected chi connectivity index (χ4v) is 2.26. The first-order valence-corrected chi connectivity index (χ1v) is 6.75. The lowest BCUT2D eigenvalue weighted by molar-refractivity contribution is -0.121. The monoisotopic (exact) mass is 268 g/mol. The van der Waals surface area contributed by atoms with Gasteiger partial charge in [-0.3, -0.25) is 4.79 Å². The molecule has 2 aromatic rings. The van der Waals surface area contributed by atoms with Gasteiger partial charge in [-0.05, 0) is 42.7 Å². The molecule has 104 valence electrons. The summed E-state index contributed by atoms with van der Waals surface area (Å²) in [4.78, 5) is 12.1. The van der Waals surface area contributed by atoms with Crippen LogP contribution in [-0.4, -0.2) is 5.91 Å². The number of benzene rings is 2. The van der Waals surface area contributed by atoms with Crippen LogP contribution in [0.1, 0.15) is 29.7 Å². The van der Waals surface area contributed by atoms with Crippen molar-refractivity contribution in [3.05, 3.63) is 65.2 Å². The van der Waals surface area contributed by atoms with Gasteiger partial charge in [0.1, 0.15) is 0 Å². The summed E-state index contributed by atoms with van der Waals surface area (Å²) in [5.41, 5.74) is 9.65. The van der Waals surface area contributed by atoms with Gasteiger partial charge in [0.15, 0.2) is 0 Å². The van der Waals surface area contributed by atoms with Gasteiger partial charge < -0.3 is 11.1 Å². The third kappa shape index (κ3) is 3.60. The number of amides is 1. The fourth-order valence-electron chi connectivity index (χ4n) is 2.26. The molecule has 20 heavy (non-hydrogen) atoms. The summed E-state index contributed by atoms with van der Waals surface area (Å²) in [6.45, 7) is 4.06. The Hall–Kier alpha value is -2.29. The summed E-state index contributed by atoms with van der Waals surface area (Å²) < 4.78 is 0. The van der Waals surface area contributed by atoms with Gasteiger partial charge in [-0.1, -0.05) is 36.4 Å². The molecule has 0 fully saturated rings. The highest BCUT2D eigenvalue weighted by atomic mass is 16.1. The number of nitrogens with one attached hydrogen (secondary N) is 1. The zero-order valence-corrected chi connectivity index (χ0v) is 11.9. The second-order valence-corrected chi connectivity index (χ2v) is 5.06. The van der Waals surface area contributed by atoms with Gasteiger partial charge in [-0.2, -0.15) is 0 Å². The zero-order valence-electron chi connectivity index (χ0n) is 11.9. The van der Waals surface area contributed by atoms with Gasteiger partial charge in [0, 0.05) is 5.69 Å². The normalized spacial score (nSPS) is 11.9. The Labute approximate surface area is 119 Å². The predicted molar refractivity (Wildman–Crippen MR) is 82.3 cm³/mol. The number of carbonyl (C=O) groups excluding carboxylic acids is 1. The van der Waals surface area contributed by atoms with E-state index in [2.05, 4.69) is 18.3 Å². The molecular formula is C17H20N2O. The maximum absolute atomic E-state index is 12.1. The van der Waals surface area contributed by atoms with Crippen LogP contribution in [0.3, 0.4) is 0 Å². The molecule has 0 aliphatic rings. The maximum Gasteiger partial charge on any atom is 0.224 e.